The standard InChI is InChI=1S/C12H10FNO3S/c13-9-6-11(15)8-12(7-9)18(16,17)14-10-4-2-1-3-5-10/h1-8,14-15H. The number of hydrogen-bond acceptors (Lipinski definition) is 3. The zero-order valence-electron chi connectivity index (χ0n) is 9.17. The summed E-state index contributed by atoms with van der Waals surface area (Å²) in [4.78, 5) is -0.330. The Bertz CT molecular complexity index is 636. The van der Waals surface area contributed by atoms with Crippen molar-refractivity contribution in [3.8, 4) is 5.75 Å². The van der Waals surface area contributed by atoms with Crippen molar-refractivity contribution in [2.75, 3.05) is 4.72 Å². The number of para-hydroxylation sites is 1. The highest BCUT2D eigenvalue weighted by Gasteiger charge is 2.16. The second-order valence-electron chi connectivity index (χ2n) is 3.62. The Balaban J connectivity index is 2.37. The smallest absolute Gasteiger partial charge is 0.262 e. The first kappa shape index (κ1) is 12.4. The normalized spacial score (nSPS) is 11.2. The molecule has 2 N–H and O–H groups in total. The van der Waals surface area contributed by atoms with Crippen molar-refractivity contribution in [3.05, 3.63) is 54.3 Å². The lowest BCUT2D eigenvalue weighted by atomic mass is 10.3. The second kappa shape index (κ2) is 4.66. The summed E-state index contributed by atoms with van der Waals surface area (Å²) in [5, 5.41) is 9.19. The predicted octanol–water partition coefficient (Wildman–Crippen LogP) is 2.33. The van der Waals surface area contributed by atoms with Crippen LogP contribution in [0.5, 0.6) is 5.75 Å². The van der Waals surface area contributed by atoms with E-state index >= 15 is 0 Å². The maximum absolute atomic E-state index is 13.0. The van der Waals surface area contributed by atoms with E-state index in [4.69, 9.17) is 0 Å². The van der Waals surface area contributed by atoms with Crippen molar-refractivity contribution >= 4 is 15.7 Å². The van der Waals surface area contributed by atoms with E-state index in [0.29, 0.717) is 5.69 Å². The van der Waals surface area contributed by atoms with Gasteiger partial charge in [0.15, 0.2) is 0 Å². The Kier molecular flexibility index (Phi) is 3.20. The first-order chi connectivity index (χ1) is 8.47. The summed E-state index contributed by atoms with van der Waals surface area (Å²) in [5.41, 5.74) is 0.362. The maximum atomic E-state index is 13.0. The zero-order chi connectivity index (χ0) is 13.2. The highest BCUT2D eigenvalue weighted by atomic mass is 32.2. The number of aromatic hydroxyl groups is 1. The van der Waals surface area contributed by atoms with Crippen LogP contribution in [0.15, 0.2) is 53.4 Å². The summed E-state index contributed by atoms with van der Waals surface area (Å²) >= 11 is 0. The molecule has 0 heterocycles. The van der Waals surface area contributed by atoms with Gasteiger partial charge in [-0.1, -0.05) is 18.2 Å². The molecule has 0 aliphatic heterocycles. The van der Waals surface area contributed by atoms with Gasteiger partial charge in [-0.05, 0) is 18.2 Å². The van der Waals surface area contributed by atoms with Gasteiger partial charge in [-0.15, -0.1) is 0 Å². The number of hydrogen-bond donors (Lipinski definition) is 2. The van der Waals surface area contributed by atoms with Crippen LogP contribution >= 0.6 is 0 Å². The minimum atomic E-state index is -3.91. The van der Waals surface area contributed by atoms with Gasteiger partial charge >= 0.3 is 0 Å². The Morgan fingerprint density at radius 2 is 1.72 bits per heavy atom. The summed E-state index contributed by atoms with van der Waals surface area (Å²) in [6.07, 6.45) is 0. The summed E-state index contributed by atoms with van der Waals surface area (Å²) < 4.78 is 39.2. The average Bonchev–Trinajstić information content (AvgIpc) is 2.28. The van der Waals surface area contributed by atoms with Crippen LogP contribution in [0.1, 0.15) is 0 Å². The van der Waals surface area contributed by atoms with Crippen molar-refractivity contribution in [2.24, 2.45) is 0 Å². The van der Waals surface area contributed by atoms with E-state index in [1.807, 2.05) is 0 Å². The Morgan fingerprint density at radius 3 is 2.33 bits per heavy atom. The Morgan fingerprint density at radius 1 is 1.06 bits per heavy atom. The predicted molar refractivity (Wildman–Crippen MR) is 65.3 cm³/mol. The van der Waals surface area contributed by atoms with Crippen molar-refractivity contribution < 1.29 is 17.9 Å². The molecule has 2 aromatic rings. The first-order valence-corrected chi connectivity index (χ1v) is 6.53. The highest BCUT2D eigenvalue weighted by Crippen LogP contribution is 2.21. The lowest BCUT2D eigenvalue weighted by Crippen LogP contribution is -2.13. The summed E-state index contributed by atoms with van der Waals surface area (Å²) in [5.74, 6) is -1.26. The molecule has 0 atom stereocenters. The van der Waals surface area contributed by atoms with E-state index in [1.165, 1.54) is 0 Å². The molecule has 0 bridgehead atoms. The van der Waals surface area contributed by atoms with Crippen LogP contribution in [0.2, 0.25) is 0 Å². The second-order valence-corrected chi connectivity index (χ2v) is 5.30. The molecule has 0 aliphatic carbocycles. The number of phenolic OH excluding ortho intramolecular Hbond substituents is 1. The highest BCUT2D eigenvalue weighted by molar-refractivity contribution is 7.92. The topological polar surface area (TPSA) is 66.4 Å². The van der Waals surface area contributed by atoms with E-state index in [0.717, 1.165) is 18.2 Å². The van der Waals surface area contributed by atoms with Gasteiger partial charge in [0.05, 0.1) is 4.90 Å². The minimum absolute atomic E-state index is 0.330. The number of sulfonamides is 1. The molecule has 0 aromatic heterocycles. The van der Waals surface area contributed by atoms with Gasteiger partial charge < -0.3 is 5.11 Å². The largest absolute Gasteiger partial charge is 0.508 e. The molecule has 0 amide bonds. The zero-order valence-corrected chi connectivity index (χ0v) is 9.99. The van der Waals surface area contributed by atoms with Crippen molar-refractivity contribution in [2.45, 2.75) is 4.90 Å². The van der Waals surface area contributed by atoms with Crippen LogP contribution in [-0.4, -0.2) is 13.5 Å². The number of nitrogens with one attached hydrogen (secondary N) is 1. The van der Waals surface area contributed by atoms with Crippen molar-refractivity contribution in [1.29, 1.82) is 0 Å². The van der Waals surface area contributed by atoms with Crippen LogP contribution in [0.3, 0.4) is 0 Å². The molecule has 2 aromatic carbocycles. The number of rotatable bonds is 3. The van der Waals surface area contributed by atoms with E-state index < -0.39 is 21.6 Å². The Labute approximate surface area is 104 Å². The van der Waals surface area contributed by atoms with E-state index in [2.05, 4.69) is 4.72 Å². The van der Waals surface area contributed by atoms with E-state index in [1.54, 1.807) is 30.3 Å². The van der Waals surface area contributed by atoms with E-state index in [9.17, 15) is 17.9 Å². The van der Waals surface area contributed by atoms with Gasteiger partial charge in [-0.25, -0.2) is 12.8 Å². The SMILES string of the molecule is O=S(=O)(Nc1ccccc1)c1cc(O)cc(F)c1. The van der Waals surface area contributed by atoms with Gasteiger partial charge in [0, 0.05) is 17.8 Å². The molecule has 2 rings (SSSR count). The average molecular weight is 267 g/mol. The Hall–Kier alpha value is -2.08. The number of benzene rings is 2. The third-order valence-electron chi connectivity index (χ3n) is 2.19. The van der Waals surface area contributed by atoms with Crippen LogP contribution in [0, 0.1) is 5.82 Å². The monoisotopic (exact) mass is 267 g/mol. The summed E-state index contributed by atoms with van der Waals surface area (Å²) in [6.45, 7) is 0. The molecular weight excluding hydrogens is 257 g/mol. The van der Waals surface area contributed by atoms with Crippen LogP contribution in [-0.2, 0) is 10.0 Å². The molecule has 6 heteroatoms. The fourth-order valence-electron chi connectivity index (χ4n) is 1.42. The number of anilines is 1. The molecule has 0 aliphatic rings. The molecule has 0 fully saturated rings. The molecule has 0 unspecified atom stereocenters. The molecule has 0 saturated carbocycles. The third-order valence-corrected chi connectivity index (χ3v) is 3.55. The lowest BCUT2D eigenvalue weighted by molar-refractivity contribution is 0.466. The maximum Gasteiger partial charge on any atom is 0.262 e. The van der Waals surface area contributed by atoms with Gasteiger partial charge in [-0.2, -0.15) is 0 Å². The molecule has 0 radical (unpaired) electrons. The third kappa shape index (κ3) is 2.78. The summed E-state index contributed by atoms with van der Waals surface area (Å²) in [7, 11) is -3.91. The fourth-order valence-corrected chi connectivity index (χ4v) is 2.53. The lowest BCUT2D eigenvalue weighted by Gasteiger charge is -2.08. The van der Waals surface area contributed by atoms with Gasteiger partial charge in [-0.3, -0.25) is 4.72 Å². The summed E-state index contributed by atoms with van der Waals surface area (Å²) in [6, 6.07) is 10.9. The number of halogens is 1. The van der Waals surface area contributed by atoms with Crippen molar-refractivity contribution in [3.63, 3.8) is 0 Å². The molecule has 18 heavy (non-hydrogen) atoms. The van der Waals surface area contributed by atoms with Crippen LogP contribution in [0.25, 0.3) is 0 Å². The minimum Gasteiger partial charge on any atom is -0.508 e. The number of phenols is 1. The van der Waals surface area contributed by atoms with Gasteiger partial charge in [0.25, 0.3) is 10.0 Å². The van der Waals surface area contributed by atoms with E-state index in [-0.39, 0.29) is 4.90 Å². The van der Waals surface area contributed by atoms with Crippen LogP contribution in [0.4, 0.5) is 10.1 Å². The quantitative estimate of drug-likeness (QED) is 0.897. The molecule has 0 saturated heterocycles. The van der Waals surface area contributed by atoms with Gasteiger partial charge in [0.2, 0.25) is 0 Å². The molecule has 4 nitrogen and oxygen atoms in total. The molecular formula is C12H10FNO3S. The van der Waals surface area contributed by atoms with Gasteiger partial charge in [0.1, 0.15) is 11.6 Å². The van der Waals surface area contributed by atoms with Crippen LogP contribution < -0.4 is 4.72 Å². The fraction of sp³-hybridized carbons (Fsp3) is 0. The van der Waals surface area contributed by atoms with Crippen molar-refractivity contribution in [1.82, 2.24) is 0 Å². The first-order valence-electron chi connectivity index (χ1n) is 5.05. The molecule has 0 spiro atoms. The molecule has 94 valence electrons.